The van der Waals surface area contributed by atoms with Crippen molar-refractivity contribution in [1.82, 2.24) is 10.1 Å². The van der Waals surface area contributed by atoms with Crippen molar-refractivity contribution < 1.29 is 22.8 Å². The molecule has 0 spiro atoms. The Kier molecular flexibility index (Phi) is 4.48. The molecular weight excluding hydrogens is 222 g/mol. The molecule has 1 atom stereocenters. The number of ketones is 1. The minimum atomic E-state index is -3.01. The minimum absolute atomic E-state index is 0.115. The number of hydrogen-bond donors (Lipinski definition) is 0. The fourth-order valence-electron chi connectivity index (χ4n) is 1.15. The quantitative estimate of drug-likeness (QED) is 0.747. The molecule has 1 heterocycles. The Bertz CT molecular complexity index is 350. The highest BCUT2D eigenvalue weighted by molar-refractivity contribution is 5.82. The largest absolute Gasteiger partial charge is 0.373 e. The van der Waals surface area contributed by atoms with Gasteiger partial charge in [-0.2, -0.15) is 4.98 Å². The van der Waals surface area contributed by atoms with Crippen LogP contribution in [0.1, 0.15) is 31.2 Å². The second kappa shape index (κ2) is 5.64. The average molecular weight is 234 g/mol. The predicted molar refractivity (Wildman–Crippen MR) is 49.1 cm³/mol. The maximum absolute atomic E-state index is 11.9. The summed E-state index contributed by atoms with van der Waals surface area (Å²) in [6.07, 6.45) is -3.29. The van der Waals surface area contributed by atoms with Gasteiger partial charge in [-0.3, -0.25) is 4.79 Å². The Morgan fingerprint density at radius 1 is 1.56 bits per heavy atom. The lowest BCUT2D eigenvalue weighted by Crippen LogP contribution is -2.13. The maximum atomic E-state index is 11.9. The molecular formula is C9H12F2N2O3. The fraction of sp³-hybridized carbons (Fsp3) is 0.667. The van der Waals surface area contributed by atoms with Crippen LogP contribution in [0.2, 0.25) is 0 Å². The van der Waals surface area contributed by atoms with E-state index in [4.69, 9.17) is 4.74 Å². The van der Waals surface area contributed by atoms with Crippen LogP contribution in [0.15, 0.2) is 4.52 Å². The molecule has 0 radical (unpaired) electrons. The zero-order chi connectivity index (χ0) is 12.1. The monoisotopic (exact) mass is 234 g/mol. The second-order valence-electron chi connectivity index (χ2n) is 3.12. The van der Waals surface area contributed by atoms with Gasteiger partial charge >= 0.3 is 0 Å². The predicted octanol–water partition coefficient (Wildman–Crippen LogP) is 1.54. The van der Waals surface area contributed by atoms with E-state index >= 15 is 0 Å². The Hall–Kier alpha value is -1.37. The number of Topliss-reactive ketones (excluding diaryl/α,β-unsaturated/α-hetero) is 1. The lowest BCUT2D eigenvalue weighted by molar-refractivity contribution is -0.129. The molecule has 0 aliphatic carbocycles. The van der Waals surface area contributed by atoms with E-state index in [-0.39, 0.29) is 17.8 Å². The van der Waals surface area contributed by atoms with E-state index in [2.05, 4.69) is 14.7 Å². The van der Waals surface area contributed by atoms with Crippen LogP contribution in [0.5, 0.6) is 0 Å². The number of alkyl halides is 2. The van der Waals surface area contributed by atoms with Gasteiger partial charge in [-0.05, 0) is 6.42 Å². The molecule has 1 rings (SSSR count). The lowest BCUT2D eigenvalue weighted by Gasteiger charge is -2.05. The van der Waals surface area contributed by atoms with Gasteiger partial charge in [-0.15, -0.1) is 0 Å². The van der Waals surface area contributed by atoms with Gasteiger partial charge in [-0.25, -0.2) is 8.78 Å². The summed E-state index contributed by atoms with van der Waals surface area (Å²) < 4.78 is 33.6. The van der Waals surface area contributed by atoms with Crippen molar-refractivity contribution >= 4 is 5.78 Å². The normalized spacial score (nSPS) is 13.1. The van der Waals surface area contributed by atoms with Gasteiger partial charge in [-0.1, -0.05) is 12.1 Å². The Morgan fingerprint density at radius 2 is 2.25 bits per heavy atom. The summed E-state index contributed by atoms with van der Waals surface area (Å²) in [5.74, 6) is -1.08. The third kappa shape index (κ3) is 3.06. The molecule has 7 heteroatoms. The molecule has 0 bridgehead atoms. The molecule has 1 unspecified atom stereocenters. The first-order chi connectivity index (χ1) is 7.58. The molecule has 1 aromatic rings. The Labute approximate surface area is 90.8 Å². The van der Waals surface area contributed by atoms with Crippen molar-refractivity contribution in [3.8, 4) is 0 Å². The minimum Gasteiger partial charge on any atom is -0.373 e. The third-order valence-corrected chi connectivity index (χ3v) is 2.00. The topological polar surface area (TPSA) is 65.2 Å². The molecule has 0 aromatic carbocycles. The summed E-state index contributed by atoms with van der Waals surface area (Å²) in [6, 6.07) is 0. The summed E-state index contributed by atoms with van der Waals surface area (Å²) in [6.45, 7) is 1.86. The Balaban J connectivity index is 2.68. The summed E-state index contributed by atoms with van der Waals surface area (Å²) in [4.78, 5) is 14.5. The van der Waals surface area contributed by atoms with Crippen molar-refractivity contribution in [1.29, 1.82) is 0 Å². The lowest BCUT2D eigenvalue weighted by atomic mass is 10.2. The fourth-order valence-corrected chi connectivity index (χ4v) is 1.15. The van der Waals surface area contributed by atoms with Crippen LogP contribution in [0.3, 0.4) is 0 Å². The van der Waals surface area contributed by atoms with E-state index < -0.39 is 18.6 Å². The highest BCUT2D eigenvalue weighted by atomic mass is 19.3. The molecule has 0 saturated carbocycles. The highest BCUT2D eigenvalue weighted by Gasteiger charge is 2.21. The van der Waals surface area contributed by atoms with Crippen LogP contribution in [-0.2, 0) is 16.0 Å². The van der Waals surface area contributed by atoms with Crippen LogP contribution >= 0.6 is 0 Å². The van der Waals surface area contributed by atoms with E-state index in [1.807, 2.05) is 6.92 Å². The first-order valence-electron chi connectivity index (χ1n) is 4.74. The molecule has 16 heavy (non-hydrogen) atoms. The molecule has 0 N–H and O–H groups in total. The van der Waals surface area contributed by atoms with Gasteiger partial charge in [0.15, 0.2) is 0 Å². The van der Waals surface area contributed by atoms with Crippen molar-refractivity contribution in [2.24, 2.45) is 0 Å². The highest BCUT2D eigenvalue weighted by Crippen LogP contribution is 2.16. The third-order valence-electron chi connectivity index (χ3n) is 2.00. The van der Waals surface area contributed by atoms with Gasteiger partial charge in [0.05, 0.1) is 6.42 Å². The van der Waals surface area contributed by atoms with E-state index in [1.54, 1.807) is 0 Å². The van der Waals surface area contributed by atoms with Crippen molar-refractivity contribution in [3.63, 3.8) is 0 Å². The number of halogens is 2. The van der Waals surface area contributed by atoms with Crippen LogP contribution in [0.4, 0.5) is 8.78 Å². The van der Waals surface area contributed by atoms with E-state index in [0.717, 1.165) is 0 Å². The number of nitrogens with zero attached hydrogens (tertiary/aromatic N) is 2. The summed E-state index contributed by atoms with van der Waals surface area (Å²) in [5.41, 5.74) is 0. The van der Waals surface area contributed by atoms with Gasteiger partial charge in [0, 0.05) is 7.11 Å². The first-order valence-corrected chi connectivity index (χ1v) is 4.74. The van der Waals surface area contributed by atoms with Gasteiger partial charge in [0.2, 0.25) is 17.5 Å². The second-order valence-corrected chi connectivity index (χ2v) is 3.12. The van der Waals surface area contributed by atoms with Crippen LogP contribution in [0, 0.1) is 0 Å². The molecule has 1 aromatic heterocycles. The standard InChI is InChI=1S/C9H12F2N2O3/c1-3-6(15-2)9-12-7(16-13-9)4-5(14)8(10)11/h6,8H,3-4H2,1-2H3. The van der Waals surface area contributed by atoms with Gasteiger partial charge < -0.3 is 9.26 Å². The van der Waals surface area contributed by atoms with Crippen LogP contribution in [0.25, 0.3) is 0 Å². The number of carbonyl (C=O) groups is 1. The number of ether oxygens (including phenoxy) is 1. The SMILES string of the molecule is CCC(OC)c1noc(CC(=O)C(F)F)n1. The van der Waals surface area contributed by atoms with Crippen molar-refractivity contribution in [2.45, 2.75) is 32.3 Å². The molecule has 90 valence electrons. The number of aromatic nitrogens is 2. The molecule has 0 saturated heterocycles. The van der Waals surface area contributed by atoms with E-state index in [9.17, 15) is 13.6 Å². The van der Waals surface area contributed by atoms with Crippen molar-refractivity contribution in [2.75, 3.05) is 7.11 Å². The molecule has 0 aliphatic heterocycles. The van der Waals surface area contributed by atoms with Gasteiger partial charge in [0.25, 0.3) is 6.43 Å². The summed E-state index contributed by atoms with van der Waals surface area (Å²) >= 11 is 0. The summed E-state index contributed by atoms with van der Waals surface area (Å²) in [5, 5.41) is 3.56. The number of rotatable bonds is 6. The molecule has 0 amide bonds. The first kappa shape index (κ1) is 12.7. The average Bonchev–Trinajstić information content (AvgIpc) is 2.68. The number of carbonyl (C=O) groups excluding carboxylic acids is 1. The van der Waals surface area contributed by atoms with E-state index in [0.29, 0.717) is 6.42 Å². The summed E-state index contributed by atoms with van der Waals surface area (Å²) in [7, 11) is 1.48. The van der Waals surface area contributed by atoms with Crippen LogP contribution in [-0.4, -0.2) is 29.5 Å². The Morgan fingerprint density at radius 3 is 2.75 bits per heavy atom. The molecule has 0 aliphatic rings. The van der Waals surface area contributed by atoms with Crippen LogP contribution < -0.4 is 0 Å². The van der Waals surface area contributed by atoms with Gasteiger partial charge in [0.1, 0.15) is 6.10 Å². The zero-order valence-electron chi connectivity index (χ0n) is 8.94. The molecule has 5 nitrogen and oxygen atoms in total. The number of hydrogen-bond acceptors (Lipinski definition) is 5. The smallest absolute Gasteiger partial charge is 0.296 e. The zero-order valence-corrected chi connectivity index (χ0v) is 8.94. The van der Waals surface area contributed by atoms with E-state index in [1.165, 1.54) is 7.11 Å². The maximum Gasteiger partial charge on any atom is 0.296 e. The number of methoxy groups -OCH3 is 1. The van der Waals surface area contributed by atoms with Crippen molar-refractivity contribution in [3.05, 3.63) is 11.7 Å². The molecule has 0 fully saturated rings.